The van der Waals surface area contributed by atoms with Crippen molar-refractivity contribution in [3.05, 3.63) is 70.8 Å². The smallest absolute Gasteiger partial charge is 0.251 e. The predicted octanol–water partition coefficient (Wildman–Crippen LogP) is 4.20. The minimum atomic E-state index is -0.000492. The predicted molar refractivity (Wildman–Crippen MR) is 118 cm³/mol. The quantitative estimate of drug-likeness (QED) is 0.768. The maximum atomic E-state index is 12.6. The monoisotopic (exact) mass is 391 g/mol. The molecule has 0 aromatic heterocycles. The fraction of sp³-hybridized carbons (Fsp3) is 0.480. The van der Waals surface area contributed by atoms with Crippen molar-refractivity contribution < 1.29 is 4.79 Å². The van der Waals surface area contributed by atoms with Gasteiger partial charge in [-0.05, 0) is 80.7 Å². The van der Waals surface area contributed by atoms with Gasteiger partial charge < -0.3 is 5.32 Å². The molecule has 2 saturated heterocycles. The summed E-state index contributed by atoms with van der Waals surface area (Å²) in [6.45, 7) is 7.37. The van der Waals surface area contributed by atoms with Crippen molar-refractivity contribution in [3.8, 4) is 0 Å². The highest BCUT2D eigenvalue weighted by atomic mass is 16.1. The van der Waals surface area contributed by atoms with Crippen LogP contribution >= 0.6 is 0 Å². The highest BCUT2D eigenvalue weighted by molar-refractivity contribution is 5.94. The molecule has 4 rings (SSSR count). The Morgan fingerprint density at radius 2 is 1.31 bits per heavy atom. The third-order valence-electron chi connectivity index (χ3n) is 6.12. The van der Waals surface area contributed by atoms with E-state index in [0.717, 1.165) is 24.2 Å². The van der Waals surface area contributed by atoms with Gasteiger partial charge in [0.1, 0.15) is 0 Å². The Kier molecular flexibility index (Phi) is 6.96. The third kappa shape index (κ3) is 5.91. The fourth-order valence-electron chi connectivity index (χ4n) is 4.46. The summed E-state index contributed by atoms with van der Waals surface area (Å²) in [7, 11) is 0. The van der Waals surface area contributed by atoms with Crippen LogP contribution in [-0.2, 0) is 19.6 Å². The molecule has 2 aromatic carbocycles. The second kappa shape index (κ2) is 10.0. The SMILES string of the molecule is O=C(NCc1cccc(CN2CCCC2)c1)c1ccc(CN2CCCCC2)cc1. The molecule has 2 fully saturated rings. The second-order valence-electron chi connectivity index (χ2n) is 8.52. The minimum absolute atomic E-state index is 0.000492. The number of nitrogens with zero attached hydrogens (tertiary/aromatic N) is 2. The lowest BCUT2D eigenvalue weighted by Gasteiger charge is -2.26. The molecule has 2 aliphatic rings. The molecular weight excluding hydrogens is 358 g/mol. The zero-order valence-electron chi connectivity index (χ0n) is 17.4. The number of carbonyl (C=O) groups is 1. The van der Waals surface area contributed by atoms with E-state index >= 15 is 0 Å². The summed E-state index contributed by atoms with van der Waals surface area (Å²) in [6.07, 6.45) is 6.59. The number of hydrogen-bond acceptors (Lipinski definition) is 3. The molecule has 2 heterocycles. The van der Waals surface area contributed by atoms with Gasteiger partial charge in [-0.2, -0.15) is 0 Å². The van der Waals surface area contributed by atoms with E-state index in [9.17, 15) is 4.79 Å². The number of nitrogens with one attached hydrogen (secondary N) is 1. The standard InChI is InChI=1S/C25H33N3O/c29-25(24-11-9-21(10-12-24)19-27-13-2-1-3-14-27)26-18-22-7-6-8-23(17-22)20-28-15-4-5-16-28/h6-12,17H,1-5,13-16,18-20H2,(H,26,29). The maximum absolute atomic E-state index is 12.6. The van der Waals surface area contributed by atoms with Gasteiger partial charge in [0.05, 0.1) is 0 Å². The van der Waals surface area contributed by atoms with E-state index in [1.54, 1.807) is 0 Å². The molecule has 0 atom stereocenters. The highest BCUT2D eigenvalue weighted by Crippen LogP contribution is 2.15. The summed E-state index contributed by atoms with van der Waals surface area (Å²) in [5.41, 5.74) is 4.52. The molecule has 0 unspecified atom stereocenters. The first-order valence-corrected chi connectivity index (χ1v) is 11.2. The number of carbonyl (C=O) groups excluding carboxylic acids is 1. The van der Waals surface area contributed by atoms with E-state index in [-0.39, 0.29) is 5.91 Å². The van der Waals surface area contributed by atoms with Crippen LogP contribution in [0.25, 0.3) is 0 Å². The molecule has 29 heavy (non-hydrogen) atoms. The van der Waals surface area contributed by atoms with Crippen molar-refractivity contribution >= 4 is 5.91 Å². The average molecular weight is 392 g/mol. The molecule has 2 aliphatic heterocycles. The van der Waals surface area contributed by atoms with Crippen LogP contribution in [0, 0.1) is 0 Å². The molecule has 4 heteroatoms. The van der Waals surface area contributed by atoms with Crippen LogP contribution in [-0.4, -0.2) is 41.9 Å². The molecular formula is C25H33N3O. The fourth-order valence-corrected chi connectivity index (χ4v) is 4.46. The minimum Gasteiger partial charge on any atom is -0.348 e. The molecule has 0 saturated carbocycles. The van der Waals surface area contributed by atoms with E-state index < -0.39 is 0 Å². The second-order valence-corrected chi connectivity index (χ2v) is 8.52. The van der Waals surface area contributed by atoms with E-state index in [4.69, 9.17) is 0 Å². The first-order chi connectivity index (χ1) is 14.3. The number of likely N-dealkylation sites (tertiary alicyclic amines) is 2. The first-order valence-electron chi connectivity index (χ1n) is 11.2. The number of rotatable bonds is 7. The lowest BCUT2D eigenvalue weighted by molar-refractivity contribution is 0.0951. The van der Waals surface area contributed by atoms with Crippen LogP contribution in [0.3, 0.4) is 0 Å². The van der Waals surface area contributed by atoms with Crippen LogP contribution in [0.1, 0.15) is 59.2 Å². The average Bonchev–Trinajstić information content (AvgIpc) is 3.27. The topological polar surface area (TPSA) is 35.6 Å². The van der Waals surface area contributed by atoms with E-state index in [2.05, 4.69) is 51.5 Å². The van der Waals surface area contributed by atoms with Gasteiger partial charge in [-0.15, -0.1) is 0 Å². The molecule has 4 nitrogen and oxygen atoms in total. The van der Waals surface area contributed by atoms with Crippen molar-refractivity contribution in [2.45, 2.75) is 51.7 Å². The molecule has 0 radical (unpaired) electrons. The van der Waals surface area contributed by atoms with E-state index in [0.29, 0.717) is 6.54 Å². The van der Waals surface area contributed by atoms with Gasteiger partial charge in [-0.25, -0.2) is 0 Å². The van der Waals surface area contributed by atoms with Gasteiger partial charge in [0.2, 0.25) is 0 Å². The van der Waals surface area contributed by atoms with Gasteiger partial charge in [-0.1, -0.05) is 42.8 Å². The van der Waals surface area contributed by atoms with Gasteiger partial charge in [0.25, 0.3) is 5.91 Å². The Bertz CT molecular complexity index is 790. The van der Waals surface area contributed by atoms with E-state index in [1.165, 1.54) is 69.4 Å². The van der Waals surface area contributed by atoms with Crippen LogP contribution in [0.15, 0.2) is 48.5 Å². The Labute approximate surface area is 174 Å². The summed E-state index contributed by atoms with van der Waals surface area (Å²) in [4.78, 5) is 17.6. The molecule has 0 aliphatic carbocycles. The van der Waals surface area contributed by atoms with Gasteiger partial charge >= 0.3 is 0 Å². The van der Waals surface area contributed by atoms with Crippen molar-refractivity contribution in [1.82, 2.24) is 15.1 Å². The van der Waals surface area contributed by atoms with Crippen molar-refractivity contribution in [3.63, 3.8) is 0 Å². The molecule has 1 N–H and O–H groups in total. The molecule has 0 spiro atoms. The normalized spacial score (nSPS) is 18.1. The lowest BCUT2D eigenvalue weighted by Crippen LogP contribution is -2.29. The van der Waals surface area contributed by atoms with Crippen molar-refractivity contribution in [2.75, 3.05) is 26.2 Å². The largest absolute Gasteiger partial charge is 0.348 e. The number of hydrogen-bond donors (Lipinski definition) is 1. The highest BCUT2D eigenvalue weighted by Gasteiger charge is 2.13. The summed E-state index contributed by atoms with van der Waals surface area (Å²) in [6, 6.07) is 16.7. The Hall–Kier alpha value is -2.17. The summed E-state index contributed by atoms with van der Waals surface area (Å²) >= 11 is 0. The van der Waals surface area contributed by atoms with Crippen LogP contribution in [0.5, 0.6) is 0 Å². The Morgan fingerprint density at radius 1 is 0.724 bits per heavy atom. The number of amides is 1. The Morgan fingerprint density at radius 3 is 2.00 bits per heavy atom. The molecule has 0 bridgehead atoms. The zero-order chi connectivity index (χ0) is 19.9. The lowest BCUT2D eigenvalue weighted by atomic mass is 10.1. The first kappa shape index (κ1) is 20.1. The molecule has 2 aromatic rings. The molecule has 154 valence electrons. The van der Waals surface area contributed by atoms with Crippen LogP contribution in [0.2, 0.25) is 0 Å². The molecule has 1 amide bonds. The van der Waals surface area contributed by atoms with Gasteiger partial charge in [0, 0.05) is 25.2 Å². The van der Waals surface area contributed by atoms with Gasteiger partial charge in [0.15, 0.2) is 0 Å². The maximum Gasteiger partial charge on any atom is 0.251 e. The van der Waals surface area contributed by atoms with E-state index in [1.807, 2.05) is 12.1 Å². The number of piperidine rings is 1. The van der Waals surface area contributed by atoms with Crippen molar-refractivity contribution in [1.29, 1.82) is 0 Å². The van der Waals surface area contributed by atoms with Gasteiger partial charge in [-0.3, -0.25) is 14.6 Å². The number of benzene rings is 2. The summed E-state index contributed by atoms with van der Waals surface area (Å²) in [5, 5.41) is 3.07. The van der Waals surface area contributed by atoms with Crippen LogP contribution in [0.4, 0.5) is 0 Å². The van der Waals surface area contributed by atoms with Crippen LogP contribution < -0.4 is 5.32 Å². The summed E-state index contributed by atoms with van der Waals surface area (Å²) in [5.74, 6) is -0.000492. The Balaban J connectivity index is 1.27. The van der Waals surface area contributed by atoms with Crippen molar-refractivity contribution in [2.24, 2.45) is 0 Å². The zero-order valence-corrected chi connectivity index (χ0v) is 17.4. The third-order valence-corrected chi connectivity index (χ3v) is 6.12. The summed E-state index contributed by atoms with van der Waals surface area (Å²) < 4.78 is 0.